The van der Waals surface area contributed by atoms with Crippen LogP contribution >= 0.6 is 0 Å². The van der Waals surface area contributed by atoms with E-state index in [-0.39, 0.29) is 31.6 Å². The Morgan fingerprint density at radius 2 is 2.00 bits per heavy atom. The summed E-state index contributed by atoms with van der Waals surface area (Å²) in [6, 6.07) is 2.78. The second-order valence-electron chi connectivity index (χ2n) is 6.33. The number of halogens is 2. The van der Waals surface area contributed by atoms with Crippen LogP contribution in [0, 0.1) is 11.6 Å². The number of rotatable bonds is 7. The molecule has 11 heteroatoms. The number of aliphatic hydroxyl groups is 1. The molecule has 1 aliphatic rings. The van der Waals surface area contributed by atoms with Crippen LogP contribution in [0.5, 0.6) is 0 Å². The van der Waals surface area contributed by atoms with Gasteiger partial charge in [-0.3, -0.25) is 0 Å². The molecule has 1 aliphatic heterocycles. The maximum Gasteiger partial charge on any atom is 0.214 e. The fourth-order valence-electron chi connectivity index (χ4n) is 3.00. The SMILES string of the molecule is O=S(=O)(CCC(O)(Cn1cncn1)c1ccc(F)cc1F)N1CCOCC1. The van der Waals surface area contributed by atoms with Crippen molar-refractivity contribution in [2.45, 2.75) is 18.6 Å². The summed E-state index contributed by atoms with van der Waals surface area (Å²) in [5.41, 5.74) is -2.11. The van der Waals surface area contributed by atoms with Crippen LogP contribution in [-0.2, 0) is 26.9 Å². The van der Waals surface area contributed by atoms with Gasteiger partial charge in [0.1, 0.15) is 29.9 Å². The molecule has 3 rings (SSSR count). The normalized spacial score (nSPS) is 18.3. The summed E-state index contributed by atoms with van der Waals surface area (Å²) in [4.78, 5) is 3.77. The fraction of sp³-hybridized carbons (Fsp3) is 0.500. The van der Waals surface area contributed by atoms with Gasteiger partial charge in [-0.25, -0.2) is 26.9 Å². The van der Waals surface area contributed by atoms with Crippen molar-refractivity contribution in [3.05, 3.63) is 48.1 Å². The predicted octanol–water partition coefficient (Wildman–Crippen LogP) is 0.496. The van der Waals surface area contributed by atoms with Gasteiger partial charge in [0.05, 0.1) is 25.5 Å². The van der Waals surface area contributed by atoms with Gasteiger partial charge in [0.15, 0.2) is 0 Å². The number of hydrogen-bond donors (Lipinski definition) is 1. The highest BCUT2D eigenvalue weighted by Gasteiger charge is 2.36. The Morgan fingerprint density at radius 3 is 2.63 bits per heavy atom. The average molecular weight is 402 g/mol. The highest BCUT2D eigenvalue weighted by atomic mass is 32.2. The first-order chi connectivity index (χ1) is 12.8. The minimum atomic E-state index is -3.67. The van der Waals surface area contributed by atoms with Crippen LogP contribution in [0.2, 0.25) is 0 Å². The number of nitrogens with zero attached hydrogens (tertiary/aromatic N) is 4. The maximum absolute atomic E-state index is 14.3. The topological polar surface area (TPSA) is 97.5 Å². The van der Waals surface area contributed by atoms with E-state index in [1.165, 1.54) is 21.6 Å². The lowest BCUT2D eigenvalue weighted by Crippen LogP contribution is -2.43. The van der Waals surface area contributed by atoms with Crippen molar-refractivity contribution >= 4 is 10.0 Å². The van der Waals surface area contributed by atoms with Crippen LogP contribution in [0.3, 0.4) is 0 Å². The van der Waals surface area contributed by atoms with E-state index in [4.69, 9.17) is 4.74 Å². The van der Waals surface area contributed by atoms with Crippen LogP contribution in [0.4, 0.5) is 8.78 Å². The molecule has 0 aliphatic carbocycles. The zero-order chi connectivity index (χ0) is 19.5. The van der Waals surface area contributed by atoms with Crippen LogP contribution in [-0.4, -0.2) is 64.7 Å². The summed E-state index contributed by atoms with van der Waals surface area (Å²) < 4.78 is 60.4. The Hall–Kier alpha value is -1.95. The van der Waals surface area contributed by atoms with Crippen molar-refractivity contribution in [3.63, 3.8) is 0 Å². The first-order valence-corrected chi connectivity index (χ1v) is 9.97. The van der Waals surface area contributed by atoms with Crippen molar-refractivity contribution in [2.75, 3.05) is 32.1 Å². The fourth-order valence-corrected chi connectivity index (χ4v) is 4.56. The number of hydrogen-bond acceptors (Lipinski definition) is 6. The predicted molar refractivity (Wildman–Crippen MR) is 91.1 cm³/mol. The molecule has 0 bridgehead atoms. The Bertz CT molecular complexity index is 873. The highest BCUT2D eigenvalue weighted by molar-refractivity contribution is 7.89. The van der Waals surface area contributed by atoms with Crippen LogP contribution in [0.1, 0.15) is 12.0 Å². The molecular weight excluding hydrogens is 382 g/mol. The molecule has 1 saturated heterocycles. The first-order valence-electron chi connectivity index (χ1n) is 8.36. The van der Waals surface area contributed by atoms with Crippen molar-refractivity contribution in [1.82, 2.24) is 19.1 Å². The van der Waals surface area contributed by atoms with E-state index in [2.05, 4.69) is 10.1 Å². The summed E-state index contributed by atoms with van der Waals surface area (Å²) in [6.07, 6.45) is 2.27. The molecule has 1 aromatic heterocycles. The van der Waals surface area contributed by atoms with Crippen molar-refractivity contribution < 1.29 is 27.0 Å². The van der Waals surface area contributed by atoms with Gasteiger partial charge < -0.3 is 9.84 Å². The smallest absolute Gasteiger partial charge is 0.214 e. The lowest BCUT2D eigenvalue weighted by atomic mass is 9.90. The van der Waals surface area contributed by atoms with Crippen molar-refractivity contribution in [3.8, 4) is 0 Å². The van der Waals surface area contributed by atoms with Gasteiger partial charge in [-0.05, 0) is 12.5 Å². The molecular formula is C16H20F2N4O4S. The van der Waals surface area contributed by atoms with Crippen molar-refractivity contribution in [2.24, 2.45) is 0 Å². The van der Waals surface area contributed by atoms with Gasteiger partial charge in [0, 0.05) is 24.7 Å². The Morgan fingerprint density at radius 1 is 1.26 bits per heavy atom. The van der Waals surface area contributed by atoms with Gasteiger partial charge >= 0.3 is 0 Å². The summed E-state index contributed by atoms with van der Waals surface area (Å²) in [7, 11) is -3.67. The molecule has 0 saturated carbocycles. The van der Waals surface area contributed by atoms with Crippen molar-refractivity contribution in [1.29, 1.82) is 0 Å². The molecule has 1 unspecified atom stereocenters. The minimum absolute atomic E-state index is 0.198. The van der Waals surface area contributed by atoms with Gasteiger partial charge in [-0.1, -0.05) is 6.07 Å². The maximum atomic E-state index is 14.3. The van der Waals surface area contributed by atoms with Gasteiger partial charge in [-0.2, -0.15) is 9.40 Å². The number of morpholine rings is 1. The molecule has 1 N–H and O–H groups in total. The van der Waals surface area contributed by atoms with Gasteiger partial charge in [0.2, 0.25) is 10.0 Å². The third-order valence-electron chi connectivity index (χ3n) is 4.46. The number of aromatic nitrogens is 3. The lowest BCUT2D eigenvalue weighted by molar-refractivity contribution is 0.00780. The number of benzene rings is 1. The summed E-state index contributed by atoms with van der Waals surface area (Å²) in [6.45, 7) is 0.835. The van der Waals surface area contributed by atoms with E-state index in [0.717, 1.165) is 12.1 Å². The highest BCUT2D eigenvalue weighted by Crippen LogP contribution is 2.30. The zero-order valence-electron chi connectivity index (χ0n) is 14.5. The first kappa shape index (κ1) is 19.8. The third kappa shape index (κ3) is 4.67. The lowest BCUT2D eigenvalue weighted by Gasteiger charge is -2.31. The molecule has 0 amide bonds. The second-order valence-corrected chi connectivity index (χ2v) is 8.41. The Labute approximate surface area is 155 Å². The Balaban J connectivity index is 1.85. The molecule has 1 atom stereocenters. The summed E-state index contributed by atoms with van der Waals surface area (Å²) >= 11 is 0. The second kappa shape index (κ2) is 7.97. The summed E-state index contributed by atoms with van der Waals surface area (Å²) in [5, 5.41) is 15.0. The molecule has 8 nitrogen and oxygen atoms in total. The molecule has 1 aromatic carbocycles. The quantitative estimate of drug-likeness (QED) is 0.724. The molecule has 2 heterocycles. The molecule has 1 fully saturated rings. The van der Waals surface area contributed by atoms with Crippen LogP contribution < -0.4 is 0 Å². The average Bonchev–Trinajstić information content (AvgIpc) is 3.13. The zero-order valence-corrected chi connectivity index (χ0v) is 15.3. The Kier molecular flexibility index (Phi) is 5.84. The monoisotopic (exact) mass is 402 g/mol. The van der Waals surface area contributed by atoms with Gasteiger partial charge in [-0.15, -0.1) is 0 Å². The van der Waals surface area contributed by atoms with E-state index >= 15 is 0 Å². The molecule has 27 heavy (non-hydrogen) atoms. The van der Waals surface area contributed by atoms with E-state index in [0.29, 0.717) is 19.3 Å². The largest absolute Gasteiger partial charge is 0.383 e. The van der Waals surface area contributed by atoms with E-state index in [9.17, 15) is 22.3 Å². The number of ether oxygens (including phenoxy) is 1. The number of sulfonamides is 1. The van der Waals surface area contributed by atoms with E-state index in [1.54, 1.807) is 0 Å². The molecule has 0 radical (unpaired) electrons. The molecule has 0 spiro atoms. The van der Waals surface area contributed by atoms with Crippen LogP contribution in [0.25, 0.3) is 0 Å². The summed E-state index contributed by atoms with van der Waals surface area (Å²) in [5.74, 6) is -2.16. The minimum Gasteiger partial charge on any atom is -0.383 e. The molecule has 2 aromatic rings. The van der Waals surface area contributed by atoms with E-state index < -0.39 is 33.0 Å². The van der Waals surface area contributed by atoms with Crippen LogP contribution in [0.15, 0.2) is 30.9 Å². The van der Waals surface area contributed by atoms with Gasteiger partial charge in [0.25, 0.3) is 0 Å². The third-order valence-corrected chi connectivity index (χ3v) is 6.33. The molecule has 148 valence electrons. The van der Waals surface area contributed by atoms with E-state index in [1.807, 2.05) is 0 Å². The standard InChI is InChI=1S/C16H20F2N4O4S/c17-13-1-2-14(15(18)9-13)16(23,10-21-12-19-11-20-21)3-8-27(24,25)22-4-6-26-7-5-22/h1-2,9,11-12,23H,3-8,10H2.